The fourth-order valence-electron chi connectivity index (χ4n) is 1.84. The normalized spacial score (nSPS) is 20.5. The SMILES string of the molecule is Cc1nn(C)c(Cl)c1CC(=O)C1COCCO1. The first-order chi connectivity index (χ1) is 8.09. The predicted octanol–water partition coefficient (Wildman–Crippen LogP) is 0.909. The quantitative estimate of drug-likeness (QED) is 0.809. The number of ketones is 1. The van der Waals surface area contributed by atoms with Crippen molar-refractivity contribution in [2.45, 2.75) is 19.4 Å². The number of carbonyl (C=O) groups is 1. The van der Waals surface area contributed by atoms with Crippen LogP contribution in [0.25, 0.3) is 0 Å². The second kappa shape index (κ2) is 5.16. The van der Waals surface area contributed by atoms with E-state index in [2.05, 4.69) is 5.10 Å². The van der Waals surface area contributed by atoms with Crippen LogP contribution in [0.1, 0.15) is 11.3 Å². The molecule has 2 heterocycles. The van der Waals surface area contributed by atoms with Crippen LogP contribution >= 0.6 is 11.6 Å². The van der Waals surface area contributed by atoms with Crippen LogP contribution in [0.5, 0.6) is 0 Å². The molecule has 0 amide bonds. The highest BCUT2D eigenvalue weighted by atomic mass is 35.5. The summed E-state index contributed by atoms with van der Waals surface area (Å²) in [7, 11) is 1.75. The van der Waals surface area contributed by atoms with Gasteiger partial charge in [-0.15, -0.1) is 0 Å². The van der Waals surface area contributed by atoms with Crippen molar-refractivity contribution in [1.82, 2.24) is 9.78 Å². The maximum atomic E-state index is 12.0. The third kappa shape index (κ3) is 2.68. The second-order valence-corrected chi connectivity index (χ2v) is 4.41. The molecule has 6 heteroatoms. The zero-order valence-electron chi connectivity index (χ0n) is 9.90. The van der Waals surface area contributed by atoms with Gasteiger partial charge in [0, 0.05) is 19.0 Å². The van der Waals surface area contributed by atoms with Crippen LogP contribution < -0.4 is 0 Å². The van der Waals surface area contributed by atoms with Gasteiger partial charge in [-0.1, -0.05) is 11.6 Å². The molecule has 94 valence electrons. The summed E-state index contributed by atoms with van der Waals surface area (Å²) >= 11 is 6.07. The zero-order chi connectivity index (χ0) is 12.4. The van der Waals surface area contributed by atoms with Gasteiger partial charge in [0.25, 0.3) is 0 Å². The fraction of sp³-hybridized carbons (Fsp3) is 0.636. The lowest BCUT2D eigenvalue weighted by atomic mass is 10.1. The van der Waals surface area contributed by atoms with E-state index < -0.39 is 6.10 Å². The summed E-state index contributed by atoms with van der Waals surface area (Å²) in [5.74, 6) is -0.0114. The van der Waals surface area contributed by atoms with E-state index >= 15 is 0 Å². The van der Waals surface area contributed by atoms with E-state index in [1.54, 1.807) is 11.7 Å². The van der Waals surface area contributed by atoms with E-state index in [9.17, 15) is 4.79 Å². The van der Waals surface area contributed by atoms with Gasteiger partial charge in [-0.05, 0) is 6.92 Å². The van der Waals surface area contributed by atoms with Crippen molar-refractivity contribution in [3.8, 4) is 0 Å². The number of hydrogen-bond acceptors (Lipinski definition) is 4. The molecule has 0 saturated carbocycles. The lowest BCUT2D eigenvalue weighted by Crippen LogP contribution is -2.36. The smallest absolute Gasteiger partial charge is 0.168 e. The van der Waals surface area contributed by atoms with Crippen molar-refractivity contribution < 1.29 is 14.3 Å². The van der Waals surface area contributed by atoms with Gasteiger partial charge in [0.2, 0.25) is 0 Å². The molecule has 1 atom stereocenters. The molecule has 0 aromatic carbocycles. The van der Waals surface area contributed by atoms with E-state index in [0.29, 0.717) is 25.0 Å². The molecule has 1 fully saturated rings. The summed E-state index contributed by atoms with van der Waals surface area (Å²) in [5, 5.41) is 4.68. The van der Waals surface area contributed by atoms with E-state index in [-0.39, 0.29) is 12.2 Å². The summed E-state index contributed by atoms with van der Waals surface area (Å²) in [6.45, 7) is 3.19. The lowest BCUT2D eigenvalue weighted by molar-refractivity contribution is -0.144. The van der Waals surface area contributed by atoms with E-state index in [4.69, 9.17) is 21.1 Å². The number of halogens is 1. The molecule has 0 radical (unpaired) electrons. The maximum absolute atomic E-state index is 12.0. The summed E-state index contributed by atoms with van der Waals surface area (Å²) in [4.78, 5) is 12.0. The molecule has 0 aliphatic carbocycles. The van der Waals surface area contributed by atoms with Gasteiger partial charge < -0.3 is 9.47 Å². The van der Waals surface area contributed by atoms with Crippen LogP contribution in [0, 0.1) is 6.92 Å². The number of ether oxygens (including phenoxy) is 2. The van der Waals surface area contributed by atoms with Crippen molar-refractivity contribution in [2.24, 2.45) is 7.05 Å². The molecule has 0 bridgehead atoms. The minimum absolute atomic E-state index is 0.0114. The van der Waals surface area contributed by atoms with Crippen LogP contribution in [0.4, 0.5) is 0 Å². The molecular weight excluding hydrogens is 244 g/mol. The highest BCUT2D eigenvalue weighted by Crippen LogP contribution is 2.20. The molecule has 1 aliphatic rings. The number of Topliss-reactive ketones (excluding diaryl/α,β-unsaturated/α-hetero) is 1. The Bertz CT molecular complexity index is 425. The molecule has 0 spiro atoms. The van der Waals surface area contributed by atoms with Crippen LogP contribution in [-0.4, -0.2) is 41.5 Å². The summed E-state index contributed by atoms with van der Waals surface area (Å²) < 4.78 is 12.1. The Morgan fingerprint density at radius 1 is 1.59 bits per heavy atom. The van der Waals surface area contributed by atoms with Crippen molar-refractivity contribution in [1.29, 1.82) is 0 Å². The lowest BCUT2D eigenvalue weighted by Gasteiger charge is -2.21. The summed E-state index contributed by atoms with van der Waals surface area (Å²) in [6, 6.07) is 0. The standard InChI is InChI=1S/C11H15ClN2O3/c1-7-8(11(12)14(2)13-7)5-9(15)10-6-16-3-4-17-10/h10H,3-6H2,1-2H3. The van der Waals surface area contributed by atoms with Gasteiger partial charge in [-0.3, -0.25) is 9.48 Å². The summed E-state index contributed by atoms with van der Waals surface area (Å²) in [6.07, 6.45) is -0.230. The van der Waals surface area contributed by atoms with Gasteiger partial charge in [0.05, 0.1) is 25.5 Å². The first-order valence-corrected chi connectivity index (χ1v) is 5.87. The van der Waals surface area contributed by atoms with Crippen LogP contribution in [0.3, 0.4) is 0 Å². The third-order valence-electron chi connectivity index (χ3n) is 2.80. The van der Waals surface area contributed by atoms with Crippen molar-refractivity contribution in [2.75, 3.05) is 19.8 Å². The van der Waals surface area contributed by atoms with Crippen molar-refractivity contribution in [3.63, 3.8) is 0 Å². The Hall–Kier alpha value is -0.910. The number of rotatable bonds is 3. The Labute approximate surface area is 105 Å². The third-order valence-corrected chi connectivity index (χ3v) is 3.27. The van der Waals surface area contributed by atoms with Crippen molar-refractivity contribution in [3.05, 3.63) is 16.4 Å². The summed E-state index contributed by atoms with van der Waals surface area (Å²) in [5.41, 5.74) is 1.55. The maximum Gasteiger partial charge on any atom is 0.168 e. The number of nitrogens with zero attached hydrogens (tertiary/aromatic N) is 2. The van der Waals surface area contributed by atoms with Crippen LogP contribution in [0.15, 0.2) is 0 Å². The van der Waals surface area contributed by atoms with Gasteiger partial charge in [0.1, 0.15) is 11.3 Å². The highest BCUT2D eigenvalue weighted by Gasteiger charge is 2.25. The number of carbonyl (C=O) groups excluding carboxylic acids is 1. The minimum Gasteiger partial charge on any atom is -0.376 e. The molecule has 17 heavy (non-hydrogen) atoms. The highest BCUT2D eigenvalue weighted by molar-refractivity contribution is 6.30. The fourth-order valence-corrected chi connectivity index (χ4v) is 2.08. The average Bonchev–Trinajstić information content (AvgIpc) is 2.57. The number of hydrogen-bond donors (Lipinski definition) is 0. The van der Waals surface area contributed by atoms with Gasteiger partial charge in [-0.2, -0.15) is 5.10 Å². The Morgan fingerprint density at radius 3 is 2.88 bits per heavy atom. The molecular formula is C11H15ClN2O3. The predicted molar refractivity (Wildman–Crippen MR) is 62.2 cm³/mol. The van der Waals surface area contributed by atoms with Gasteiger partial charge in [0.15, 0.2) is 5.78 Å². The molecule has 1 saturated heterocycles. The first-order valence-electron chi connectivity index (χ1n) is 5.49. The molecule has 1 unspecified atom stereocenters. The molecule has 1 aliphatic heterocycles. The van der Waals surface area contributed by atoms with Gasteiger partial charge in [-0.25, -0.2) is 0 Å². The van der Waals surface area contributed by atoms with Crippen LogP contribution in [-0.2, 0) is 27.7 Å². The zero-order valence-corrected chi connectivity index (χ0v) is 10.7. The van der Waals surface area contributed by atoms with Crippen LogP contribution in [0.2, 0.25) is 5.15 Å². The van der Waals surface area contributed by atoms with E-state index in [0.717, 1.165) is 11.3 Å². The molecule has 1 aromatic rings. The molecule has 1 aromatic heterocycles. The Morgan fingerprint density at radius 2 is 2.35 bits per heavy atom. The number of aromatic nitrogens is 2. The monoisotopic (exact) mass is 258 g/mol. The Kier molecular flexibility index (Phi) is 3.81. The number of aryl methyl sites for hydroxylation is 2. The second-order valence-electron chi connectivity index (χ2n) is 4.06. The minimum atomic E-state index is -0.473. The van der Waals surface area contributed by atoms with E-state index in [1.165, 1.54) is 0 Å². The first kappa shape index (κ1) is 12.5. The average molecular weight is 259 g/mol. The largest absolute Gasteiger partial charge is 0.376 e. The Balaban J connectivity index is 2.07. The van der Waals surface area contributed by atoms with Gasteiger partial charge >= 0.3 is 0 Å². The topological polar surface area (TPSA) is 53.4 Å². The van der Waals surface area contributed by atoms with E-state index in [1.807, 2.05) is 6.92 Å². The van der Waals surface area contributed by atoms with Crippen molar-refractivity contribution >= 4 is 17.4 Å². The molecule has 5 nitrogen and oxygen atoms in total. The molecule has 0 N–H and O–H groups in total. The molecule has 2 rings (SSSR count).